The molecule has 0 spiro atoms. The Labute approximate surface area is 130 Å². The van der Waals surface area contributed by atoms with Gasteiger partial charge in [-0.15, -0.1) is 0 Å². The number of nitrogens with one attached hydrogen (secondary N) is 1. The van der Waals surface area contributed by atoms with Crippen LogP contribution in [0.15, 0.2) is 42.5 Å². The van der Waals surface area contributed by atoms with Crippen molar-refractivity contribution >= 4 is 34.2 Å². The maximum atomic E-state index is 11.4. The molecule has 0 saturated heterocycles. The summed E-state index contributed by atoms with van der Waals surface area (Å²) in [6.07, 6.45) is 0. The third kappa shape index (κ3) is 2.64. The van der Waals surface area contributed by atoms with E-state index in [1.54, 1.807) is 0 Å². The van der Waals surface area contributed by atoms with Crippen LogP contribution in [0, 0.1) is 3.57 Å². The second-order valence-electron chi connectivity index (χ2n) is 4.63. The number of hydrogen-bond donors (Lipinski definition) is 2. The van der Waals surface area contributed by atoms with Crippen LogP contribution in [-0.4, -0.2) is 12.5 Å². The zero-order chi connectivity index (χ0) is 14.1. The lowest BCUT2D eigenvalue weighted by atomic mass is 9.99. The summed E-state index contributed by atoms with van der Waals surface area (Å²) < 4.78 is 6.48. The molecule has 1 unspecified atom stereocenters. The molecule has 2 aromatic carbocycles. The van der Waals surface area contributed by atoms with Crippen molar-refractivity contribution in [3.05, 3.63) is 57.2 Å². The van der Waals surface area contributed by atoms with Crippen LogP contribution >= 0.6 is 22.6 Å². The van der Waals surface area contributed by atoms with Gasteiger partial charge in [-0.3, -0.25) is 4.79 Å². The number of hydrogen-bond acceptors (Lipinski definition) is 3. The standard InChI is InChI=1S/C15H13IN2O2/c16-11-3-1-2-9(6-11)15(17)10-4-5-13-12(7-10)18-14(19)8-20-13/h1-7,15H,8,17H2,(H,18,19). The number of benzene rings is 2. The number of fused-ring (bicyclic) bond motifs is 1. The van der Waals surface area contributed by atoms with E-state index in [1.165, 1.54) is 0 Å². The molecule has 1 amide bonds. The van der Waals surface area contributed by atoms with Crippen molar-refractivity contribution in [2.24, 2.45) is 5.73 Å². The minimum absolute atomic E-state index is 0.0648. The van der Waals surface area contributed by atoms with Gasteiger partial charge in [0.1, 0.15) is 5.75 Å². The average Bonchev–Trinajstić information content (AvgIpc) is 2.45. The number of rotatable bonds is 2. The number of ether oxygens (including phenoxy) is 1. The lowest BCUT2D eigenvalue weighted by Gasteiger charge is -2.20. The van der Waals surface area contributed by atoms with E-state index in [0.717, 1.165) is 14.7 Å². The second kappa shape index (κ2) is 5.41. The minimum Gasteiger partial charge on any atom is -0.482 e. The highest BCUT2D eigenvalue weighted by atomic mass is 127. The monoisotopic (exact) mass is 380 g/mol. The van der Waals surface area contributed by atoms with Gasteiger partial charge in [0.2, 0.25) is 0 Å². The number of halogens is 1. The molecule has 1 atom stereocenters. The molecule has 1 heterocycles. The Morgan fingerprint density at radius 3 is 2.80 bits per heavy atom. The number of carbonyl (C=O) groups is 1. The second-order valence-corrected chi connectivity index (χ2v) is 5.87. The Bertz CT molecular complexity index is 673. The van der Waals surface area contributed by atoms with Crippen molar-refractivity contribution in [1.29, 1.82) is 0 Å². The molecule has 0 aromatic heterocycles. The van der Waals surface area contributed by atoms with E-state index in [0.29, 0.717) is 11.4 Å². The zero-order valence-electron chi connectivity index (χ0n) is 10.6. The molecule has 102 valence electrons. The van der Waals surface area contributed by atoms with Crippen LogP contribution in [0.1, 0.15) is 17.2 Å². The Balaban J connectivity index is 1.94. The van der Waals surface area contributed by atoms with Crippen molar-refractivity contribution in [3.8, 4) is 5.75 Å². The van der Waals surface area contributed by atoms with Gasteiger partial charge in [0.25, 0.3) is 5.91 Å². The largest absolute Gasteiger partial charge is 0.482 e. The van der Waals surface area contributed by atoms with Gasteiger partial charge < -0.3 is 15.8 Å². The molecular formula is C15H13IN2O2. The van der Waals surface area contributed by atoms with E-state index >= 15 is 0 Å². The first kappa shape index (κ1) is 13.4. The molecule has 0 fully saturated rings. The summed E-state index contributed by atoms with van der Waals surface area (Å²) in [5.74, 6) is 0.542. The van der Waals surface area contributed by atoms with Crippen molar-refractivity contribution in [3.63, 3.8) is 0 Å². The predicted octanol–water partition coefficient (Wildman–Crippen LogP) is 2.67. The molecule has 1 aliphatic heterocycles. The molecule has 2 aromatic rings. The van der Waals surface area contributed by atoms with Crippen LogP contribution in [0.3, 0.4) is 0 Å². The van der Waals surface area contributed by atoms with Crippen LogP contribution in [0.4, 0.5) is 5.69 Å². The highest BCUT2D eigenvalue weighted by Gasteiger charge is 2.18. The minimum atomic E-state index is -0.228. The van der Waals surface area contributed by atoms with E-state index in [-0.39, 0.29) is 18.6 Å². The van der Waals surface area contributed by atoms with Crippen molar-refractivity contribution in [2.75, 3.05) is 11.9 Å². The van der Waals surface area contributed by atoms with E-state index in [9.17, 15) is 4.79 Å². The van der Waals surface area contributed by atoms with Gasteiger partial charge in [0.15, 0.2) is 6.61 Å². The number of nitrogens with two attached hydrogens (primary N) is 1. The van der Waals surface area contributed by atoms with Gasteiger partial charge in [-0.05, 0) is 58.0 Å². The van der Waals surface area contributed by atoms with E-state index in [4.69, 9.17) is 10.5 Å². The molecule has 1 aliphatic rings. The molecule has 20 heavy (non-hydrogen) atoms. The molecule has 0 aliphatic carbocycles. The molecule has 0 saturated carbocycles. The normalized spacial score (nSPS) is 15.0. The van der Waals surface area contributed by atoms with Crippen LogP contribution in [-0.2, 0) is 4.79 Å². The number of carbonyl (C=O) groups excluding carboxylic acids is 1. The van der Waals surface area contributed by atoms with E-state index in [2.05, 4.69) is 34.0 Å². The number of amides is 1. The molecular weight excluding hydrogens is 367 g/mol. The average molecular weight is 380 g/mol. The quantitative estimate of drug-likeness (QED) is 0.788. The van der Waals surface area contributed by atoms with Gasteiger partial charge in [-0.25, -0.2) is 0 Å². The van der Waals surface area contributed by atoms with Crippen LogP contribution in [0.5, 0.6) is 5.75 Å². The highest BCUT2D eigenvalue weighted by molar-refractivity contribution is 14.1. The summed E-state index contributed by atoms with van der Waals surface area (Å²) in [6.45, 7) is 0.0648. The first-order valence-electron chi connectivity index (χ1n) is 6.21. The summed E-state index contributed by atoms with van der Waals surface area (Å²) in [7, 11) is 0. The zero-order valence-corrected chi connectivity index (χ0v) is 12.8. The van der Waals surface area contributed by atoms with E-state index in [1.807, 2.05) is 36.4 Å². The smallest absolute Gasteiger partial charge is 0.262 e. The third-order valence-corrected chi connectivity index (χ3v) is 3.87. The fourth-order valence-corrected chi connectivity index (χ4v) is 2.75. The Kier molecular flexibility index (Phi) is 3.62. The summed E-state index contributed by atoms with van der Waals surface area (Å²) in [6, 6.07) is 13.5. The highest BCUT2D eigenvalue weighted by Crippen LogP contribution is 2.31. The van der Waals surface area contributed by atoms with Gasteiger partial charge in [0.05, 0.1) is 11.7 Å². The maximum Gasteiger partial charge on any atom is 0.262 e. The molecule has 3 N–H and O–H groups in total. The Hall–Kier alpha value is -1.60. The van der Waals surface area contributed by atoms with Crippen molar-refractivity contribution in [1.82, 2.24) is 0 Å². The molecule has 5 heteroatoms. The number of anilines is 1. The summed E-state index contributed by atoms with van der Waals surface area (Å²) in [5.41, 5.74) is 8.96. The predicted molar refractivity (Wildman–Crippen MR) is 85.8 cm³/mol. The molecule has 0 radical (unpaired) electrons. The van der Waals surface area contributed by atoms with Crippen LogP contribution < -0.4 is 15.8 Å². The lowest BCUT2D eigenvalue weighted by molar-refractivity contribution is -0.118. The van der Waals surface area contributed by atoms with E-state index < -0.39 is 0 Å². The maximum absolute atomic E-state index is 11.4. The Morgan fingerprint density at radius 2 is 2.00 bits per heavy atom. The Morgan fingerprint density at radius 1 is 1.20 bits per heavy atom. The van der Waals surface area contributed by atoms with Crippen LogP contribution in [0.25, 0.3) is 0 Å². The fraction of sp³-hybridized carbons (Fsp3) is 0.133. The van der Waals surface area contributed by atoms with Crippen molar-refractivity contribution < 1.29 is 9.53 Å². The summed E-state index contributed by atoms with van der Waals surface area (Å²) in [4.78, 5) is 11.4. The van der Waals surface area contributed by atoms with Gasteiger partial charge in [-0.1, -0.05) is 18.2 Å². The fourth-order valence-electron chi connectivity index (χ4n) is 2.19. The first-order chi connectivity index (χ1) is 9.63. The molecule has 4 nitrogen and oxygen atoms in total. The van der Waals surface area contributed by atoms with Gasteiger partial charge >= 0.3 is 0 Å². The van der Waals surface area contributed by atoms with Gasteiger partial charge in [-0.2, -0.15) is 0 Å². The summed E-state index contributed by atoms with van der Waals surface area (Å²) >= 11 is 2.26. The van der Waals surface area contributed by atoms with Crippen LogP contribution in [0.2, 0.25) is 0 Å². The SMILES string of the molecule is NC(c1cccc(I)c1)c1ccc2c(c1)NC(=O)CO2. The third-order valence-electron chi connectivity index (χ3n) is 3.20. The lowest BCUT2D eigenvalue weighted by Crippen LogP contribution is -2.25. The molecule has 3 rings (SSSR count). The van der Waals surface area contributed by atoms with Gasteiger partial charge in [0, 0.05) is 3.57 Å². The van der Waals surface area contributed by atoms with Crippen molar-refractivity contribution in [2.45, 2.75) is 6.04 Å². The first-order valence-corrected chi connectivity index (χ1v) is 7.29. The topological polar surface area (TPSA) is 64.3 Å². The summed E-state index contributed by atoms with van der Waals surface area (Å²) in [5, 5.41) is 2.80. The molecule has 0 bridgehead atoms.